The molecule has 168 valence electrons. The second-order valence-corrected chi connectivity index (χ2v) is 9.02. The molecule has 0 amide bonds. The number of carboxylic acid groups (broad SMARTS) is 1. The van der Waals surface area contributed by atoms with Crippen LogP contribution < -0.4 is 9.47 Å². The molecule has 0 saturated heterocycles. The van der Waals surface area contributed by atoms with Gasteiger partial charge in [0.1, 0.15) is 35.0 Å². The number of aliphatic hydroxyl groups excluding tert-OH is 1. The van der Waals surface area contributed by atoms with E-state index in [2.05, 4.69) is 4.98 Å². The van der Waals surface area contributed by atoms with Crippen molar-refractivity contribution < 1.29 is 28.9 Å². The van der Waals surface area contributed by atoms with Crippen molar-refractivity contribution >= 4 is 27.5 Å². The number of ether oxygens (including phenoxy) is 2. The number of carboxylic acids is 1. The molecule has 4 aromatic rings. The average Bonchev–Trinajstić information content (AvgIpc) is 3.20. The number of aromatic carboxylic acids is 1. The number of benzene rings is 3. The maximum atomic E-state index is 13.4. The first-order chi connectivity index (χ1) is 15.9. The first-order valence-corrected chi connectivity index (χ1v) is 11.2. The Hall–Kier alpha value is -3.49. The average molecular weight is 466 g/mol. The van der Waals surface area contributed by atoms with Crippen LogP contribution in [-0.2, 0) is 13.0 Å². The molecule has 2 N–H and O–H groups in total. The number of fused-ring (bicyclic) bond motifs is 2. The smallest absolute Gasteiger partial charge is 0.335 e. The third-order valence-electron chi connectivity index (χ3n) is 5.51. The molecule has 2 heterocycles. The number of hydrogen-bond acceptors (Lipinski definition) is 6. The molecule has 0 bridgehead atoms. The Bertz CT molecular complexity index is 1340. The van der Waals surface area contributed by atoms with Crippen LogP contribution in [0.25, 0.3) is 10.2 Å². The van der Waals surface area contributed by atoms with E-state index in [0.717, 1.165) is 15.3 Å². The van der Waals surface area contributed by atoms with Gasteiger partial charge in [-0.05, 0) is 48.0 Å². The standard InChI is InChI=1S/C25H20FNO5S/c26-16-4-7-23-20(10-16)27-24(33-23)13-31-17-5-6-22-19(11-17)21(28)12-18(32-22)9-14-2-1-3-15(8-14)25(29)30/h1-8,10-11,18,21,28H,9,12-13H2,(H,29,30)/t18-,21+/m1/s1. The van der Waals surface area contributed by atoms with Crippen molar-refractivity contribution in [1.29, 1.82) is 0 Å². The zero-order valence-electron chi connectivity index (χ0n) is 17.4. The van der Waals surface area contributed by atoms with Gasteiger partial charge in [-0.15, -0.1) is 11.3 Å². The van der Waals surface area contributed by atoms with Crippen molar-refractivity contribution in [2.75, 3.05) is 0 Å². The molecule has 0 radical (unpaired) electrons. The topological polar surface area (TPSA) is 88.9 Å². The predicted molar refractivity (Wildman–Crippen MR) is 121 cm³/mol. The van der Waals surface area contributed by atoms with Gasteiger partial charge in [0.15, 0.2) is 0 Å². The number of hydrogen-bond donors (Lipinski definition) is 2. The number of aliphatic hydroxyl groups is 1. The number of carbonyl (C=O) groups is 1. The minimum absolute atomic E-state index is 0.226. The minimum atomic E-state index is -0.975. The number of rotatable bonds is 6. The summed E-state index contributed by atoms with van der Waals surface area (Å²) < 4.78 is 26.2. The highest BCUT2D eigenvalue weighted by atomic mass is 32.1. The van der Waals surface area contributed by atoms with Crippen molar-refractivity contribution in [1.82, 2.24) is 4.98 Å². The van der Waals surface area contributed by atoms with Crippen LogP contribution in [0.2, 0.25) is 0 Å². The molecule has 1 aliphatic heterocycles. The lowest BCUT2D eigenvalue weighted by atomic mass is 9.94. The summed E-state index contributed by atoms with van der Waals surface area (Å²) >= 11 is 1.44. The van der Waals surface area contributed by atoms with E-state index in [1.165, 1.54) is 23.5 Å². The van der Waals surface area contributed by atoms with Gasteiger partial charge >= 0.3 is 5.97 Å². The van der Waals surface area contributed by atoms with Crippen LogP contribution >= 0.6 is 11.3 Å². The molecule has 1 aromatic heterocycles. The van der Waals surface area contributed by atoms with Crippen LogP contribution in [0.1, 0.15) is 39.0 Å². The molecular weight excluding hydrogens is 445 g/mol. The van der Waals surface area contributed by atoms with Crippen LogP contribution in [0.5, 0.6) is 11.5 Å². The predicted octanol–water partition coefficient (Wildman–Crippen LogP) is 5.14. The maximum absolute atomic E-state index is 13.4. The van der Waals surface area contributed by atoms with Gasteiger partial charge in [-0.3, -0.25) is 0 Å². The zero-order valence-corrected chi connectivity index (χ0v) is 18.2. The normalized spacial score (nSPS) is 17.4. The molecular formula is C25H20FNO5S. The highest BCUT2D eigenvalue weighted by Crippen LogP contribution is 2.38. The van der Waals surface area contributed by atoms with Crippen molar-refractivity contribution in [3.63, 3.8) is 0 Å². The first-order valence-electron chi connectivity index (χ1n) is 10.4. The third-order valence-corrected chi connectivity index (χ3v) is 6.52. The number of nitrogens with zero attached hydrogens (tertiary/aromatic N) is 1. The molecule has 0 spiro atoms. The second-order valence-electron chi connectivity index (χ2n) is 7.91. The zero-order chi connectivity index (χ0) is 22.9. The van der Waals surface area contributed by atoms with Gasteiger partial charge in [-0.25, -0.2) is 14.2 Å². The molecule has 3 aromatic carbocycles. The fourth-order valence-electron chi connectivity index (χ4n) is 3.96. The number of thiazole rings is 1. The molecule has 0 fully saturated rings. The SMILES string of the molecule is O=C(O)c1cccc(C[C@@H]2C[C@H](O)c3cc(OCc4nc5cc(F)ccc5s4)ccc3O2)c1. The monoisotopic (exact) mass is 465 g/mol. The van der Waals surface area contributed by atoms with Crippen molar-refractivity contribution in [3.8, 4) is 11.5 Å². The molecule has 8 heteroatoms. The Kier molecular flexibility index (Phi) is 5.70. The molecule has 33 heavy (non-hydrogen) atoms. The van der Waals surface area contributed by atoms with E-state index in [-0.39, 0.29) is 24.1 Å². The van der Waals surface area contributed by atoms with Crippen LogP contribution in [-0.4, -0.2) is 27.3 Å². The highest BCUT2D eigenvalue weighted by molar-refractivity contribution is 7.18. The Morgan fingerprint density at radius 3 is 2.91 bits per heavy atom. The summed E-state index contributed by atoms with van der Waals surface area (Å²) in [7, 11) is 0. The highest BCUT2D eigenvalue weighted by Gasteiger charge is 2.28. The third kappa shape index (κ3) is 4.67. The van der Waals surface area contributed by atoms with Crippen LogP contribution in [0.4, 0.5) is 4.39 Å². The van der Waals surface area contributed by atoms with E-state index < -0.39 is 12.1 Å². The molecule has 6 nitrogen and oxygen atoms in total. The maximum Gasteiger partial charge on any atom is 0.335 e. The molecule has 2 atom stereocenters. The van der Waals surface area contributed by atoms with Gasteiger partial charge in [0.05, 0.1) is 21.9 Å². The summed E-state index contributed by atoms with van der Waals surface area (Å²) in [6.07, 6.45) is -0.118. The van der Waals surface area contributed by atoms with Crippen molar-refractivity contribution in [2.45, 2.75) is 31.7 Å². The van der Waals surface area contributed by atoms with Crippen molar-refractivity contribution in [2.24, 2.45) is 0 Å². The van der Waals surface area contributed by atoms with E-state index in [9.17, 15) is 19.4 Å². The van der Waals surface area contributed by atoms with Crippen LogP contribution in [0.3, 0.4) is 0 Å². The molecule has 0 unspecified atom stereocenters. The summed E-state index contributed by atoms with van der Waals surface area (Å²) in [5, 5.41) is 20.6. The van der Waals surface area contributed by atoms with Crippen LogP contribution in [0, 0.1) is 5.82 Å². The molecule has 1 aliphatic rings. The lowest BCUT2D eigenvalue weighted by molar-refractivity contribution is 0.0653. The van der Waals surface area contributed by atoms with Crippen LogP contribution in [0.15, 0.2) is 60.7 Å². The minimum Gasteiger partial charge on any atom is -0.490 e. The van der Waals surface area contributed by atoms with Gasteiger partial charge in [0.25, 0.3) is 0 Å². The summed E-state index contributed by atoms with van der Waals surface area (Å²) in [5.41, 5.74) is 2.32. The summed E-state index contributed by atoms with van der Waals surface area (Å²) in [4.78, 5) is 15.6. The van der Waals surface area contributed by atoms with Gasteiger partial charge in [-0.2, -0.15) is 0 Å². The summed E-state index contributed by atoms with van der Waals surface area (Å²) in [6, 6.07) is 16.5. The van der Waals surface area contributed by atoms with E-state index in [0.29, 0.717) is 35.4 Å². The number of aromatic nitrogens is 1. The first kappa shape index (κ1) is 21.4. The fraction of sp³-hybridized carbons (Fsp3) is 0.200. The largest absolute Gasteiger partial charge is 0.490 e. The lowest BCUT2D eigenvalue weighted by Crippen LogP contribution is -2.27. The van der Waals surface area contributed by atoms with E-state index in [1.807, 2.05) is 6.07 Å². The molecule has 5 rings (SSSR count). The quantitative estimate of drug-likeness (QED) is 0.410. The Balaban J connectivity index is 1.26. The summed E-state index contributed by atoms with van der Waals surface area (Å²) in [6.45, 7) is 0.235. The number of halogens is 1. The van der Waals surface area contributed by atoms with Gasteiger partial charge in [0, 0.05) is 24.5 Å². The van der Waals surface area contributed by atoms with Crippen molar-refractivity contribution in [3.05, 3.63) is 88.2 Å². The second kappa shape index (κ2) is 8.80. The molecule has 0 aliphatic carbocycles. The Morgan fingerprint density at radius 1 is 1.18 bits per heavy atom. The molecule has 0 saturated carbocycles. The Labute approximate surface area is 192 Å². The lowest BCUT2D eigenvalue weighted by Gasteiger charge is -2.30. The summed E-state index contributed by atoms with van der Waals surface area (Å²) in [5.74, 6) is -0.139. The Morgan fingerprint density at radius 2 is 2.06 bits per heavy atom. The fourth-order valence-corrected chi connectivity index (χ4v) is 4.82. The van der Waals surface area contributed by atoms with E-state index in [1.54, 1.807) is 42.5 Å². The van der Waals surface area contributed by atoms with Gasteiger partial charge in [0.2, 0.25) is 0 Å². The van der Waals surface area contributed by atoms with Gasteiger partial charge < -0.3 is 19.7 Å². The van der Waals surface area contributed by atoms with E-state index in [4.69, 9.17) is 9.47 Å². The van der Waals surface area contributed by atoms with Gasteiger partial charge in [-0.1, -0.05) is 12.1 Å². The van der Waals surface area contributed by atoms with E-state index >= 15 is 0 Å².